The SMILES string of the molecule is COc1ccc(Cc2[c]ccc(COC(C)=O)c2F)cc1. The average Bonchev–Trinajstić information content (AvgIpc) is 2.49. The Morgan fingerprint density at radius 3 is 2.57 bits per heavy atom. The van der Waals surface area contributed by atoms with Gasteiger partial charge in [0.05, 0.1) is 7.11 Å². The molecule has 0 aliphatic carbocycles. The van der Waals surface area contributed by atoms with Gasteiger partial charge >= 0.3 is 5.97 Å². The fraction of sp³-hybridized carbons (Fsp3) is 0.235. The molecule has 0 heterocycles. The molecule has 4 heteroatoms. The molecular formula is C17H16FO3. The molecule has 0 saturated carbocycles. The number of carbonyl (C=O) groups is 1. The van der Waals surface area contributed by atoms with E-state index in [-0.39, 0.29) is 12.4 Å². The van der Waals surface area contributed by atoms with Crippen molar-refractivity contribution in [3.8, 4) is 5.75 Å². The van der Waals surface area contributed by atoms with Gasteiger partial charge in [-0.15, -0.1) is 0 Å². The Labute approximate surface area is 123 Å². The van der Waals surface area contributed by atoms with Crippen molar-refractivity contribution >= 4 is 5.97 Å². The van der Waals surface area contributed by atoms with Crippen molar-refractivity contribution in [2.24, 2.45) is 0 Å². The third kappa shape index (κ3) is 4.05. The van der Waals surface area contributed by atoms with Gasteiger partial charge < -0.3 is 9.47 Å². The summed E-state index contributed by atoms with van der Waals surface area (Å²) >= 11 is 0. The molecular weight excluding hydrogens is 271 g/mol. The van der Waals surface area contributed by atoms with Crippen LogP contribution in [0.1, 0.15) is 23.6 Å². The van der Waals surface area contributed by atoms with E-state index in [2.05, 4.69) is 6.07 Å². The molecule has 109 valence electrons. The van der Waals surface area contributed by atoms with Gasteiger partial charge in [-0.05, 0) is 23.8 Å². The van der Waals surface area contributed by atoms with E-state index in [0.717, 1.165) is 11.3 Å². The van der Waals surface area contributed by atoms with Crippen LogP contribution in [0, 0.1) is 11.9 Å². The fourth-order valence-electron chi connectivity index (χ4n) is 1.94. The first-order valence-corrected chi connectivity index (χ1v) is 6.54. The number of hydrogen-bond donors (Lipinski definition) is 0. The normalized spacial score (nSPS) is 10.2. The predicted molar refractivity (Wildman–Crippen MR) is 76.5 cm³/mol. The first kappa shape index (κ1) is 15.0. The molecule has 3 nitrogen and oxygen atoms in total. The number of benzene rings is 2. The van der Waals surface area contributed by atoms with Crippen LogP contribution in [0.25, 0.3) is 0 Å². The molecule has 1 radical (unpaired) electrons. The number of hydrogen-bond acceptors (Lipinski definition) is 3. The highest BCUT2D eigenvalue weighted by atomic mass is 19.1. The van der Waals surface area contributed by atoms with Gasteiger partial charge in [0.2, 0.25) is 0 Å². The van der Waals surface area contributed by atoms with Gasteiger partial charge in [0.1, 0.15) is 18.2 Å². The van der Waals surface area contributed by atoms with Crippen molar-refractivity contribution in [2.45, 2.75) is 20.0 Å². The van der Waals surface area contributed by atoms with Crippen molar-refractivity contribution in [1.82, 2.24) is 0 Å². The molecule has 0 spiro atoms. The van der Waals surface area contributed by atoms with Gasteiger partial charge in [0.15, 0.2) is 0 Å². The van der Waals surface area contributed by atoms with Crippen LogP contribution >= 0.6 is 0 Å². The van der Waals surface area contributed by atoms with Crippen molar-refractivity contribution in [2.75, 3.05) is 7.11 Å². The molecule has 0 atom stereocenters. The standard InChI is InChI=1S/C17H16FO3/c1-12(19)21-11-15-5-3-4-14(17(15)18)10-13-6-8-16(20-2)9-7-13/h3,5-9H,10-11H2,1-2H3. The maximum Gasteiger partial charge on any atom is 0.302 e. The zero-order valence-corrected chi connectivity index (χ0v) is 12.0. The molecule has 0 amide bonds. The van der Waals surface area contributed by atoms with E-state index >= 15 is 0 Å². The zero-order valence-electron chi connectivity index (χ0n) is 12.0. The minimum atomic E-state index is -0.432. The van der Waals surface area contributed by atoms with Gasteiger partial charge in [-0.3, -0.25) is 4.79 Å². The second kappa shape index (κ2) is 6.88. The van der Waals surface area contributed by atoms with Gasteiger partial charge in [0.25, 0.3) is 0 Å². The summed E-state index contributed by atoms with van der Waals surface area (Å²) < 4.78 is 24.2. The molecule has 0 aliphatic heterocycles. The summed E-state index contributed by atoms with van der Waals surface area (Å²) in [5, 5.41) is 0. The number of esters is 1. The van der Waals surface area contributed by atoms with E-state index in [1.165, 1.54) is 6.92 Å². The minimum Gasteiger partial charge on any atom is -0.497 e. The van der Waals surface area contributed by atoms with E-state index in [4.69, 9.17) is 9.47 Å². The van der Waals surface area contributed by atoms with Crippen LogP contribution in [0.5, 0.6) is 5.75 Å². The van der Waals surface area contributed by atoms with E-state index in [0.29, 0.717) is 17.5 Å². The first-order chi connectivity index (χ1) is 10.1. The Balaban J connectivity index is 2.15. The van der Waals surface area contributed by atoms with E-state index in [1.807, 2.05) is 24.3 Å². The monoisotopic (exact) mass is 287 g/mol. The number of carbonyl (C=O) groups excluding carboxylic acids is 1. The molecule has 21 heavy (non-hydrogen) atoms. The summed E-state index contributed by atoms with van der Waals surface area (Å²) in [6.45, 7) is 1.23. The molecule has 0 bridgehead atoms. The third-order valence-corrected chi connectivity index (χ3v) is 3.06. The lowest BCUT2D eigenvalue weighted by atomic mass is 10.0. The van der Waals surface area contributed by atoms with Crippen LogP contribution in [0.3, 0.4) is 0 Å². The highest BCUT2D eigenvalue weighted by molar-refractivity contribution is 5.65. The molecule has 0 N–H and O–H groups in total. The van der Waals surface area contributed by atoms with Crippen LogP contribution in [0.4, 0.5) is 4.39 Å². The van der Waals surface area contributed by atoms with Crippen molar-refractivity contribution in [3.63, 3.8) is 0 Å². The Morgan fingerprint density at radius 2 is 1.95 bits per heavy atom. The largest absolute Gasteiger partial charge is 0.497 e. The summed E-state index contributed by atoms with van der Waals surface area (Å²) in [7, 11) is 1.60. The van der Waals surface area contributed by atoms with Gasteiger partial charge in [-0.25, -0.2) is 4.39 Å². The quantitative estimate of drug-likeness (QED) is 0.792. The van der Waals surface area contributed by atoms with E-state index in [9.17, 15) is 9.18 Å². The van der Waals surface area contributed by atoms with Crippen LogP contribution in [0.15, 0.2) is 36.4 Å². The number of ether oxygens (including phenoxy) is 2. The molecule has 2 aromatic carbocycles. The molecule has 2 aromatic rings. The molecule has 0 aliphatic rings. The third-order valence-electron chi connectivity index (χ3n) is 3.06. The smallest absolute Gasteiger partial charge is 0.302 e. The van der Waals surface area contributed by atoms with Crippen LogP contribution in [-0.2, 0) is 22.6 Å². The Bertz CT molecular complexity index is 620. The number of rotatable bonds is 5. The van der Waals surface area contributed by atoms with Crippen molar-refractivity contribution < 1.29 is 18.7 Å². The predicted octanol–water partition coefficient (Wildman–Crippen LogP) is 3.29. The van der Waals surface area contributed by atoms with E-state index < -0.39 is 5.97 Å². The summed E-state index contributed by atoms with van der Waals surface area (Å²) in [5.74, 6) is -0.0553. The van der Waals surface area contributed by atoms with Gasteiger partial charge in [0, 0.05) is 24.5 Å². The highest BCUT2D eigenvalue weighted by Gasteiger charge is 2.10. The summed E-state index contributed by atoms with van der Waals surface area (Å²) in [6, 6.07) is 13.5. The topological polar surface area (TPSA) is 35.5 Å². The van der Waals surface area contributed by atoms with Gasteiger partial charge in [-0.2, -0.15) is 0 Å². The number of halogens is 1. The Morgan fingerprint density at radius 1 is 1.24 bits per heavy atom. The van der Waals surface area contributed by atoms with Gasteiger partial charge in [-0.1, -0.05) is 24.3 Å². The minimum absolute atomic E-state index is 0.0640. The Kier molecular flexibility index (Phi) is 4.93. The highest BCUT2D eigenvalue weighted by Crippen LogP contribution is 2.19. The summed E-state index contributed by atoms with van der Waals surface area (Å²) in [6.07, 6.45) is 0.420. The average molecular weight is 287 g/mol. The van der Waals surface area contributed by atoms with Crippen LogP contribution in [-0.4, -0.2) is 13.1 Å². The molecule has 0 aromatic heterocycles. The lowest BCUT2D eigenvalue weighted by molar-refractivity contribution is -0.142. The van der Waals surface area contributed by atoms with Crippen molar-refractivity contribution in [1.29, 1.82) is 0 Å². The fourth-order valence-corrected chi connectivity index (χ4v) is 1.94. The number of methoxy groups -OCH3 is 1. The first-order valence-electron chi connectivity index (χ1n) is 6.54. The molecule has 0 fully saturated rings. The second-order valence-corrected chi connectivity index (χ2v) is 4.60. The maximum absolute atomic E-state index is 14.3. The summed E-state index contributed by atoms with van der Waals surface area (Å²) in [5.41, 5.74) is 1.76. The summed E-state index contributed by atoms with van der Waals surface area (Å²) in [4.78, 5) is 10.8. The maximum atomic E-state index is 14.3. The zero-order chi connectivity index (χ0) is 15.2. The molecule has 0 saturated heterocycles. The molecule has 0 unspecified atom stereocenters. The molecule has 2 rings (SSSR count). The van der Waals surface area contributed by atoms with Crippen LogP contribution < -0.4 is 4.74 Å². The lowest BCUT2D eigenvalue weighted by Crippen LogP contribution is -2.03. The lowest BCUT2D eigenvalue weighted by Gasteiger charge is -2.09. The van der Waals surface area contributed by atoms with E-state index in [1.54, 1.807) is 19.2 Å². The van der Waals surface area contributed by atoms with Crippen molar-refractivity contribution in [3.05, 3.63) is 65.0 Å². The Hall–Kier alpha value is -2.36. The second-order valence-electron chi connectivity index (χ2n) is 4.60. The van der Waals surface area contributed by atoms with Crippen LogP contribution in [0.2, 0.25) is 0 Å².